The van der Waals surface area contributed by atoms with Crippen LogP contribution < -0.4 is 10.6 Å². The molecule has 2 heterocycles. The Labute approximate surface area is 124 Å². The molecule has 2 aromatic rings. The molecule has 4 rings (SSSR count). The van der Waals surface area contributed by atoms with Gasteiger partial charge in [-0.15, -0.1) is 0 Å². The van der Waals surface area contributed by atoms with Gasteiger partial charge in [-0.05, 0) is 31.4 Å². The minimum atomic E-state index is 0.373. The average molecular weight is 283 g/mol. The molecule has 0 radical (unpaired) electrons. The van der Waals surface area contributed by atoms with E-state index in [-0.39, 0.29) is 0 Å². The molecule has 2 unspecified atom stereocenters. The minimum Gasteiger partial charge on any atom is -0.374 e. The summed E-state index contributed by atoms with van der Waals surface area (Å²) in [5, 5.41) is 1.16. The number of aromatic nitrogens is 1. The van der Waals surface area contributed by atoms with Gasteiger partial charge in [0.15, 0.2) is 0 Å². The van der Waals surface area contributed by atoms with Crippen molar-refractivity contribution < 1.29 is 4.74 Å². The molecule has 4 heteroatoms. The number of para-hydroxylation sites is 1. The Morgan fingerprint density at radius 3 is 3.10 bits per heavy atom. The number of rotatable bonds is 2. The highest BCUT2D eigenvalue weighted by Crippen LogP contribution is 2.34. The number of pyridine rings is 1. The van der Waals surface area contributed by atoms with Gasteiger partial charge in [0.05, 0.1) is 24.3 Å². The van der Waals surface area contributed by atoms with E-state index in [1.807, 2.05) is 12.1 Å². The van der Waals surface area contributed by atoms with Crippen molar-refractivity contribution in [3.8, 4) is 0 Å². The van der Waals surface area contributed by atoms with Gasteiger partial charge in [-0.1, -0.05) is 18.2 Å². The molecule has 0 bridgehead atoms. The Balaban J connectivity index is 1.80. The zero-order valence-electron chi connectivity index (χ0n) is 12.2. The Morgan fingerprint density at radius 1 is 1.29 bits per heavy atom. The van der Waals surface area contributed by atoms with Gasteiger partial charge in [-0.3, -0.25) is 0 Å². The molecule has 2 atom stereocenters. The summed E-state index contributed by atoms with van der Waals surface area (Å²) in [6.45, 7) is 2.24. The van der Waals surface area contributed by atoms with E-state index in [4.69, 9.17) is 15.5 Å². The highest BCUT2D eigenvalue weighted by molar-refractivity contribution is 5.82. The fourth-order valence-electron chi connectivity index (χ4n) is 3.74. The average Bonchev–Trinajstić information content (AvgIpc) is 3.02. The van der Waals surface area contributed by atoms with Crippen molar-refractivity contribution in [1.29, 1.82) is 0 Å². The molecule has 2 aliphatic rings. The van der Waals surface area contributed by atoms with Gasteiger partial charge in [-0.2, -0.15) is 0 Å². The Hall–Kier alpha value is -1.65. The van der Waals surface area contributed by atoms with E-state index in [1.165, 1.54) is 19.3 Å². The molecule has 1 aliphatic carbocycles. The maximum absolute atomic E-state index is 5.99. The van der Waals surface area contributed by atoms with Gasteiger partial charge >= 0.3 is 0 Å². The summed E-state index contributed by atoms with van der Waals surface area (Å²) in [6.07, 6.45) is 3.99. The molecule has 4 nitrogen and oxygen atoms in total. The fraction of sp³-hybridized carbons (Fsp3) is 0.471. The van der Waals surface area contributed by atoms with Crippen LogP contribution in [0.2, 0.25) is 0 Å². The normalized spacial score (nSPS) is 25.3. The zero-order valence-corrected chi connectivity index (χ0v) is 12.2. The van der Waals surface area contributed by atoms with E-state index in [0.29, 0.717) is 18.7 Å². The van der Waals surface area contributed by atoms with Crippen molar-refractivity contribution in [3.05, 3.63) is 35.9 Å². The number of morpholine rings is 1. The Kier molecular flexibility index (Phi) is 3.28. The number of anilines is 1. The van der Waals surface area contributed by atoms with Gasteiger partial charge < -0.3 is 15.4 Å². The molecule has 2 fully saturated rings. The molecule has 1 saturated heterocycles. The van der Waals surface area contributed by atoms with Crippen molar-refractivity contribution in [1.82, 2.24) is 4.98 Å². The molecule has 1 aliphatic heterocycles. The van der Waals surface area contributed by atoms with Crippen LogP contribution in [0.1, 0.15) is 24.8 Å². The van der Waals surface area contributed by atoms with Crippen LogP contribution in [0.15, 0.2) is 30.3 Å². The topological polar surface area (TPSA) is 51.4 Å². The number of nitrogens with zero attached hydrogens (tertiary/aromatic N) is 2. The number of hydrogen-bond acceptors (Lipinski definition) is 4. The van der Waals surface area contributed by atoms with Crippen molar-refractivity contribution in [3.63, 3.8) is 0 Å². The summed E-state index contributed by atoms with van der Waals surface area (Å²) in [7, 11) is 0. The summed E-state index contributed by atoms with van der Waals surface area (Å²) >= 11 is 0. The van der Waals surface area contributed by atoms with Gasteiger partial charge in [0.25, 0.3) is 0 Å². The predicted octanol–water partition coefficient (Wildman–Crippen LogP) is 2.45. The largest absolute Gasteiger partial charge is 0.374 e. The quantitative estimate of drug-likeness (QED) is 0.920. The SMILES string of the molecule is NCc1cc2ccccc2nc1N1CCOC2CCCC21. The summed E-state index contributed by atoms with van der Waals surface area (Å²) in [5.41, 5.74) is 8.17. The van der Waals surface area contributed by atoms with Gasteiger partial charge in [-0.25, -0.2) is 4.98 Å². The molecule has 1 saturated carbocycles. The lowest BCUT2D eigenvalue weighted by atomic mass is 10.1. The smallest absolute Gasteiger partial charge is 0.134 e. The van der Waals surface area contributed by atoms with Crippen LogP contribution in [-0.4, -0.2) is 30.3 Å². The Morgan fingerprint density at radius 2 is 2.19 bits per heavy atom. The maximum atomic E-state index is 5.99. The minimum absolute atomic E-state index is 0.373. The second-order valence-electron chi connectivity index (χ2n) is 5.97. The third-order valence-electron chi connectivity index (χ3n) is 4.75. The molecule has 2 N–H and O–H groups in total. The lowest BCUT2D eigenvalue weighted by molar-refractivity contribution is 0.0253. The molecule has 21 heavy (non-hydrogen) atoms. The van der Waals surface area contributed by atoms with E-state index in [2.05, 4.69) is 23.1 Å². The van der Waals surface area contributed by atoms with Crippen molar-refractivity contribution in [2.24, 2.45) is 5.73 Å². The van der Waals surface area contributed by atoms with E-state index < -0.39 is 0 Å². The summed E-state index contributed by atoms with van der Waals surface area (Å²) in [6, 6.07) is 10.9. The second-order valence-corrected chi connectivity index (χ2v) is 5.97. The first-order valence-electron chi connectivity index (χ1n) is 7.84. The number of benzene rings is 1. The summed E-state index contributed by atoms with van der Waals surface area (Å²) < 4.78 is 5.91. The standard InChI is InChI=1S/C17H21N3O/c18-11-13-10-12-4-1-2-5-14(12)19-17(13)20-8-9-21-16-7-3-6-15(16)20/h1-2,4-5,10,15-16H,3,6-9,11,18H2. The van der Waals surface area contributed by atoms with Crippen LogP contribution in [0, 0.1) is 0 Å². The fourth-order valence-corrected chi connectivity index (χ4v) is 3.74. The number of ether oxygens (including phenoxy) is 1. The van der Waals surface area contributed by atoms with Crippen LogP contribution in [0.4, 0.5) is 5.82 Å². The van der Waals surface area contributed by atoms with Gasteiger partial charge in [0.1, 0.15) is 5.82 Å². The predicted molar refractivity (Wildman–Crippen MR) is 84.4 cm³/mol. The van der Waals surface area contributed by atoms with E-state index in [0.717, 1.165) is 35.4 Å². The van der Waals surface area contributed by atoms with Gasteiger partial charge in [0, 0.05) is 24.0 Å². The highest BCUT2D eigenvalue weighted by Gasteiger charge is 2.37. The highest BCUT2D eigenvalue weighted by atomic mass is 16.5. The van der Waals surface area contributed by atoms with E-state index in [1.54, 1.807) is 0 Å². The third-order valence-corrected chi connectivity index (χ3v) is 4.75. The van der Waals surface area contributed by atoms with Crippen molar-refractivity contribution >= 4 is 16.7 Å². The monoisotopic (exact) mass is 283 g/mol. The summed E-state index contributed by atoms with van der Waals surface area (Å²) in [4.78, 5) is 7.36. The number of nitrogens with two attached hydrogens (primary N) is 1. The van der Waals surface area contributed by atoms with E-state index >= 15 is 0 Å². The molecule has 1 aromatic heterocycles. The number of fused-ring (bicyclic) bond motifs is 2. The van der Waals surface area contributed by atoms with Crippen molar-refractivity contribution in [2.75, 3.05) is 18.1 Å². The molecular weight excluding hydrogens is 262 g/mol. The zero-order chi connectivity index (χ0) is 14.2. The van der Waals surface area contributed by atoms with Gasteiger partial charge in [0.2, 0.25) is 0 Å². The Bertz CT molecular complexity index is 658. The van der Waals surface area contributed by atoms with Crippen LogP contribution in [0.3, 0.4) is 0 Å². The van der Waals surface area contributed by atoms with Crippen LogP contribution in [0.25, 0.3) is 10.9 Å². The number of hydrogen-bond donors (Lipinski definition) is 1. The third kappa shape index (κ3) is 2.19. The first-order valence-corrected chi connectivity index (χ1v) is 7.84. The molecule has 0 spiro atoms. The lowest BCUT2D eigenvalue weighted by Gasteiger charge is -2.39. The van der Waals surface area contributed by atoms with Crippen molar-refractivity contribution in [2.45, 2.75) is 38.0 Å². The molecule has 0 amide bonds. The van der Waals surface area contributed by atoms with E-state index in [9.17, 15) is 0 Å². The second kappa shape index (κ2) is 5.28. The maximum Gasteiger partial charge on any atom is 0.134 e. The summed E-state index contributed by atoms with van der Waals surface area (Å²) in [5.74, 6) is 1.07. The first kappa shape index (κ1) is 13.0. The molecule has 1 aromatic carbocycles. The van der Waals surface area contributed by atoms with Crippen LogP contribution in [-0.2, 0) is 11.3 Å². The lowest BCUT2D eigenvalue weighted by Crippen LogP contribution is -2.49. The first-order chi connectivity index (χ1) is 10.4. The molecule has 110 valence electrons. The van der Waals surface area contributed by atoms with Crippen LogP contribution in [0.5, 0.6) is 0 Å². The van der Waals surface area contributed by atoms with Crippen LogP contribution >= 0.6 is 0 Å². The molecular formula is C17H21N3O.